The second-order valence-corrected chi connectivity index (χ2v) is 10.9. The Morgan fingerprint density at radius 1 is 0.927 bits per heavy atom. The number of aromatic nitrogens is 2. The summed E-state index contributed by atoms with van der Waals surface area (Å²) in [5.74, 6) is 1.11. The smallest absolute Gasteiger partial charge is 0.298 e. The van der Waals surface area contributed by atoms with Crippen molar-refractivity contribution < 1.29 is 18.7 Å². The van der Waals surface area contributed by atoms with Crippen LogP contribution in [0.1, 0.15) is 27.3 Å². The lowest BCUT2D eigenvalue weighted by Gasteiger charge is -2.36. The zero-order valence-electron chi connectivity index (χ0n) is 22.7. The molecule has 0 unspecified atom stereocenters. The molecule has 0 atom stereocenters. The molecule has 3 aromatic carbocycles. The van der Waals surface area contributed by atoms with E-state index in [4.69, 9.17) is 9.47 Å². The summed E-state index contributed by atoms with van der Waals surface area (Å²) in [4.78, 5) is 24.3. The number of halogens is 1. The van der Waals surface area contributed by atoms with Crippen LogP contribution >= 0.6 is 11.5 Å². The van der Waals surface area contributed by atoms with E-state index in [9.17, 15) is 9.18 Å². The third-order valence-corrected chi connectivity index (χ3v) is 8.05. The molecule has 10 heteroatoms. The van der Waals surface area contributed by atoms with Gasteiger partial charge in [0.05, 0.1) is 18.9 Å². The number of nitrogens with zero attached hydrogens (tertiary/aromatic N) is 5. The lowest BCUT2D eigenvalue weighted by Crippen LogP contribution is -2.49. The first-order valence-corrected chi connectivity index (χ1v) is 14.7. The normalized spacial score (nSPS) is 16.1. The molecule has 0 spiro atoms. The molecule has 41 heavy (non-hydrogen) atoms. The first kappa shape index (κ1) is 27.3. The zero-order chi connectivity index (χ0) is 28.0. The van der Waals surface area contributed by atoms with E-state index >= 15 is 0 Å². The van der Waals surface area contributed by atoms with E-state index in [1.54, 1.807) is 12.1 Å². The number of carbonyl (C=O) groups is 1. The number of piperazine rings is 1. The van der Waals surface area contributed by atoms with Crippen LogP contribution in [0.4, 0.5) is 10.1 Å². The van der Waals surface area contributed by atoms with E-state index < -0.39 is 0 Å². The van der Waals surface area contributed by atoms with Crippen LogP contribution in [-0.2, 0) is 17.7 Å². The maximum Gasteiger partial charge on any atom is 0.298 e. The molecule has 0 saturated carbocycles. The molecule has 3 heterocycles. The van der Waals surface area contributed by atoms with Gasteiger partial charge in [0.2, 0.25) is 0 Å². The molecule has 0 bridgehead atoms. The first-order chi connectivity index (χ1) is 20.1. The minimum absolute atomic E-state index is 0.0333. The number of para-hydroxylation sites is 1. The van der Waals surface area contributed by atoms with Gasteiger partial charge in [-0.25, -0.2) is 4.39 Å². The van der Waals surface area contributed by atoms with Crippen molar-refractivity contribution in [2.45, 2.75) is 13.0 Å². The van der Waals surface area contributed by atoms with Crippen molar-refractivity contribution in [2.24, 2.45) is 0 Å². The third-order valence-electron chi connectivity index (χ3n) is 7.42. The lowest BCUT2D eigenvalue weighted by molar-refractivity contribution is 0.0339. The molecule has 8 nitrogen and oxygen atoms in total. The quantitative estimate of drug-likeness (QED) is 0.298. The second kappa shape index (κ2) is 12.8. The number of amides is 1. The SMILES string of the molecule is O=C(c1ccc(Oc2nc(Cc3ccccc3)ns2)c(CN2CCOCC2)c1)N1CCN(c2ccccc2F)CC1. The summed E-state index contributed by atoms with van der Waals surface area (Å²) in [6.07, 6.45) is 0.638. The lowest BCUT2D eigenvalue weighted by atomic mass is 10.1. The molecule has 0 aliphatic carbocycles. The molecule has 4 aromatic rings. The van der Waals surface area contributed by atoms with Gasteiger partial charge in [0, 0.05) is 74.9 Å². The van der Waals surface area contributed by atoms with Crippen LogP contribution in [-0.4, -0.2) is 77.5 Å². The molecule has 212 valence electrons. The molecule has 2 saturated heterocycles. The second-order valence-electron chi connectivity index (χ2n) is 10.2. The Labute approximate surface area is 243 Å². The molecule has 0 radical (unpaired) electrons. The van der Waals surface area contributed by atoms with Crippen molar-refractivity contribution in [1.29, 1.82) is 0 Å². The van der Waals surface area contributed by atoms with E-state index in [-0.39, 0.29) is 11.7 Å². The highest BCUT2D eigenvalue weighted by Gasteiger charge is 2.25. The van der Waals surface area contributed by atoms with Crippen LogP contribution in [0, 0.1) is 5.82 Å². The highest BCUT2D eigenvalue weighted by atomic mass is 32.1. The molecule has 6 rings (SSSR count). The van der Waals surface area contributed by atoms with E-state index in [1.165, 1.54) is 17.6 Å². The maximum absolute atomic E-state index is 14.3. The maximum atomic E-state index is 14.3. The molecule has 0 N–H and O–H groups in total. The fourth-order valence-electron chi connectivity index (χ4n) is 5.20. The number of hydrogen-bond acceptors (Lipinski definition) is 8. The monoisotopic (exact) mass is 573 g/mol. The highest BCUT2D eigenvalue weighted by Crippen LogP contribution is 2.30. The first-order valence-electron chi connectivity index (χ1n) is 13.9. The summed E-state index contributed by atoms with van der Waals surface area (Å²) < 4.78 is 30.5. The zero-order valence-corrected chi connectivity index (χ0v) is 23.6. The average molecular weight is 574 g/mol. The Balaban J connectivity index is 1.17. The van der Waals surface area contributed by atoms with Crippen molar-refractivity contribution >= 4 is 23.1 Å². The minimum Gasteiger partial charge on any atom is -0.430 e. The van der Waals surface area contributed by atoms with Gasteiger partial charge in [-0.1, -0.05) is 42.5 Å². The van der Waals surface area contributed by atoms with Gasteiger partial charge in [-0.05, 0) is 35.9 Å². The van der Waals surface area contributed by atoms with Crippen LogP contribution in [0.15, 0.2) is 72.8 Å². The number of hydrogen-bond donors (Lipinski definition) is 0. The fraction of sp³-hybridized carbons (Fsp3) is 0.323. The van der Waals surface area contributed by atoms with Gasteiger partial charge in [-0.3, -0.25) is 9.69 Å². The van der Waals surface area contributed by atoms with E-state index in [2.05, 4.69) is 26.4 Å². The summed E-state index contributed by atoms with van der Waals surface area (Å²) in [5.41, 5.74) is 3.25. The van der Waals surface area contributed by atoms with Crippen molar-refractivity contribution in [3.05, 3.63) is 101 Å². The molecule has 1 aromatic heterocycles. The summed E-state index contributed by atoms with van der Waals surface area (Å²) in [5, 5.41) is 0.475. The topological polar surface area (TPSA) is 71.0 Å². The van der Waals surface area contributed by atoms with Gasteiger partial charge < -0.3 is 19.3 Å². The summed E-state index contributed by atoms with van der Waals surface area (Å²) >= 11 is 1.23. The Kier molecular flexibility index (Phi) is 8.50. The molecule has 2 aliphatic heterocycles. The number of ether oxygens (including phenoxy) is 2. The van der Waals surface area contributed by atoms with Gasteiger partial charge >= 0.3 is 0 Å². The van der Waals surface area contributed by atoms with E-state index in [1.807, 2.05) is 52.3 Å². The van der Waals surface area contributed by atoms with Crippen LogP contribution in [0.2, 0.25) is 0 Å². The average Bonchev–Trinajstić information content (AvgIpc) is 3.45. The predicted octanol–water partition coefficient (Wildman–Crippen LogP) is 4.85. The van der Waals surface area contributed by atoms with Crippen molar-refractivity contribution in [3.8, 4) is 10.9 Å². The molecular formula is C31H32FN5O3S. The summed E-state index contributed by atoms with van der Waals surface area (Å²) in [7, 11) is 0. The van der Waals surface area contributed by atoms with Crippen LogP contribution in [0.25, 0.3) is 0 Å². The Morgan fingerprint density at radius 2 is 1.68 bits per heavy atom. The van der Waals surface area contributed by atoms with E-state index in [0.717, 1.165) is 24.2 Å². The number of rotatable bonds is 8. The van der Waals surface area contributed by atoms with Crippen LogP contribution < -0.4 is 9.64 Å². The molecule has 2 aliphatic rings. The number of anilines is 1. The van der Waals surface area contributed by atoms with Gasteiger partial charge in [-0.2, -0.15) is 9.36 Å². The van der Waals surface area contributed by atoms with Crippen LogP contribution in [0.5, 0.6) is 10.9 Å². The van der Waals surface area contributed by atoms with Gasteiger partial charge in [0.15, 0.2) is 5.82 Å². The van der Waals surface area contributed by atoms with Gasteiger partial charge in [0.1, 0.15) is 11.6 Å². The number of benzene rings is 3. The third kappa shape index (κ3) is 6.73. The Hall–Kier alpha value is -3.86. The summed E-state index contributed by atoms with van der Waals surface area (Å²) in [6.45, 7) is 5.84. The summed E-state index contributed by atoms with van der Waals surface area (Å²) in [6, 6.07) is 22.5. The Bertz CT molecular complexity index is 1470. The predicted molar refractivity (Wildman–Crippen MR) is 156 cm³/mol. The van der Waals surface area contributed by atoms with Gasteiger partial charge in [-0.15, -0.1) is 0 Å². The fourth-order valence-corrected chi connectivity index (χ4v) is 5.76. The highest BCUT2D eigenvalue weighted by molar-refractivity contribution is 7.07. The molecular weight excluding hydrogens is 541 g/mol. The van der Waals surface area contributed by atoms with Crippen molar-refractivity contribution in [1.82, 2.24) is 19.2 Å². The number of carbonyl (C=O) groups excluding carboxylic acids is 1. The molecule has 1 amide bonds. The Morgan fingerprint density at radius 3 is 2.46 bits per heavy atom. The minimum atomic E-state index is -0.238. The van der Waals surface area contributed by atoms with E-state index in [0.29, 0.717) is 80.4 Å². The number of morpholine rings is 1. The van der Waals surface area contributed by atoms with Crippen LogP contribution in [0.3, 0.4) is 0 Å². The molecule has 2 fully saturated rings. The van der Waals surface area contributed by atoms with Crippen molar-refractivity contribution in [3.63, 3.8) is 0 Å². The van der Waals surface area contributed by atoms with Gasteiger partial charge in [0.25, 0.3) is 11.1 Å². The largest absolute Gasteiger partial charge is 0.430 e. The van der Waals surface area contributed by atoms with Crippen molar-refractivity contribution in [2.75, 3.05) is 57.4 Å². The standard InChI is InChI=1S/C31H32FN5O3S/c32-26-8-4-5-9-27(26)36-12-14-37(15-13-36)30(38)24-10-11-28(25(21-24)22-35-16-18-39-19-17-35)40-31-33-29(34-41-31)20-23-6-2-1-3-7-23/h1-11,21H,12-20,22H2.